The SMILES string of the molecule is CSCCCC(O)Cc1cc(C)ccc1C. The fourth-order valence-corrected chi connectivity index (χ4v) is 2.29. The highest BCUT2D eigenvalue weighted by atomic mass is 32.2. The van der Waals surface area contributed by atoms with Crippen LogP contribution < -0.4 is 0 Å². The van der Waals surface area contributed by atoms with Gasteiger partial charge in [0.2, 0.25) is 0 Å². The van der Waals surface area contributed by atoms with Gasteiger partial charge in [0.1, 0.15) is 0 Å². The number of aliphatic hydroxyl groups excluding tert-OH is 1. The van der Waals surface area contributed by atoms with E-state index < -0.39 is 0 Å². The minimum atomic E-state index is -0.187. The van der Waals surface area contributed by atoms with Crippen LogP contribution in [-0.2, 0) is 6.42 Å². The molecule has 1 rings (SSSR count). The van der Waals surface area contributed by atoms with Crippen LogP contribution in [0.2, 0.25) is 0 Å². The molecule has 1 aromatic rings. The summed E-state index contributed by atoms with van der Waals surface area (Å²) in [6, 6.07) is 6.45. The van der Waals surface area contributed by atoms with Gasteiger partial charge in [-0.3, -0.25) is 0 Å². The van der Waals surface area contributed by atoms with Crippen molar-refractivity contribution in [1.29, 1.82) is 0 Å². The van der Waals surface area contributed by atoms with Crippen molar-refractivity contribution in [2.75, 3.05) is 12.0 Å². The van der Waals surface area contributed by atoms with Crippen molar-refractivity contribution in [3.8, 4) is 0 Å². The number of hydrogen-bond donors (Lipinski definition) is 1. The van der Waals surface area contributed by atoms with Crippen LogP contribution in [0.3, 0.4) is 0 Å². The molecule has 0 heterocycles. The molecular formula is C14H22OS. The molecule has 1 unspecified atom stereocenters. The lowest BCUT2D eigenvalue weighted by Gasteiger charge is -2.12. The number of hydrogen-bond acceptors (Lipinski definition) is 2. The zero-order valence-electron chi connectivity index (χ0n) is 10.5. The van der Waals surface area contributed by atoms with E-state index in [4.69, 9.17) is 0 Å². The summed E-state index contributed by atoms with van der Waals surface area (Å²) in [5, 5.41) is 9.94. The molecule has 0 aliphatic heterocycles. The summed E-state index contributed by atoms with van der Waals surface area (Å²) in [5.74, 6) is 1.14. The first-order valence-electron chi connectivity index (χ1n) is 5.86. The van der Waals surface area contributed by atoms with Gasteiger partial charge in [-0.15, -0.1) is 0 Å². The Morgan fingerprint density at radius 2 is 2.06 bits per heavy atom. The summed E-state index contributed by atoms with van der Waals surface area (Å²) < 4.78 is 0. The van der Waals surface area contributed by atoms with Gasteiger partial charge < -0.3 is 5.11 Å². The van der Waals surface area contributed by atoms with Crippen molar-refractivity contribution in [2.24, 2.45) is 0 Å². The Kier molecular flexibility index (Phi) is 5.93. The smallest absolute Gasteiger partial charge is 0.0581 e. The van der Waals surface area contributed by atoms with Crippen LogP contribution in [0.15, 0.2) is 18.2 Å². The van der Waals surface area contributed by atoms with Gasteiger partial charge in [0.25, 0.3) is 0 Å². The van der Waals surface area contributed by atoms with Gasteiger partial charge in [-0.2, -0.15) is 11.8 Å². The first kappa shape index (κ1) is 13.6. The fraction of sp³-hybridized carbons (Fsp3) is 0.571. The first-order chi connectivity index (χ1) is 7.63. The molecule has 0 saturated carbocycles. The summed E-state index contributed by atoms with van der Waals surface area (Å²) in [6.07, 6.45) is 4.73. The third-order valence-electron chi connectivity index (χ3n) is 2.85. The number of aliphatic hydroxyl groups is 1. The molecular weight excluding hydrogens is 216 g/mol. The monoisotopic (exact) mass is 238 g/mol. The summed E-state index contributed by atoms with van der Waals surface area (Å²) in [4.78, 5) is 0. The Morgan fingerprint density at radius 3 is 2.75 bits per heavy atom. The summed E-state index contributed by atoms with van der Waals surface area (Å²) in [6.45, 7) is 4.21. The van der Waals surface area contributed by atoms with Gasteiger partial charge in [-0.1, -0.05) is 23.8 Å². The predicted octanol–water partition coefficient (Wildman–Crippen LogP) is 3.35. The average Bonchev–Trinajstić information content (AvgIpc) is 2.24. The van der Waals surface area contributed by atoms with Crippen LogP contribution in [0.4, 0.5) is 0 Å². The summed E-state index contributed by atoms with van der Waals surface area (Å²) >= 11 is 1.84. The molecule has 0 spiro atoms. The van der Waals surface area contributed by atoms with Crippen LogP contribution in [0.5, 0.6) is 0 Å². The van der Waals surface area contributed by atoms with E-state index in [-0.39, 0.29) is 6.10 Å². The van der Waals surface area contributed by atoms with E-state index in [1.165, 1.54) is 16.7 Å². The zero-order chi connectivity index (χ0) is 12.0. The molecule has 0 saturated heterocycles. The van der Waals surface area contributed by atoms with E-state index in [2.05, 4.69) is 38.3 Å². The lowest BCUT2D eigenvalue weighted by atomic mass is 9.98. The molecule has 0 fully saturated rings. The highest BCUT2D eigenvalue weighted by Crippen LogP contribution is 2.15. The molecule has 2 heteroatoms. The third kappa shape index (κ3) is 4.58. The molecule has 0 bridgehead atoms. The van der Waals surface area contributed by atoms with Crippen molar-refractivity contribution < 1.29 is 5.11 Å². The normalized spacial score (nSPS) is 12.8. The quantitative estimate of drug-likeness (QED) is 0.767. The summed E-state index contributed by atoms with van der Waals surface area (Å²) in [7, 11) is 0. The van der Waals surface area contributed by atoms with E-state index in [1.807, 2.05) is 11.8 Å². The van der Waals surface area contributed by atoms with Gasteiger partial charge in [0.15, 0.2) is 0 Å². The van der Waals surface area contributed by atoms with Gasteiger partial charge in [0.05, 0.1) is 6.10 Å². The minimum Gasteiger partial charge on any atom is -0.393 e. The van der Waals surface area contributed by atoms with Crippen molar-refractivity contribution >= 4 is 11.8 Å². The Hall–Kier alpha value is -0.470. The largest absolute Gasteiger partial charge is 0.393 e. The number of thioether (sulfide) groups is 1. The topological polar surface area (TPSA) is 20.2 Å². The second-order valence-electron chi connectivity index (χ2n) is 4.42. The standard InChI is InChI=1S/C14H22OS/c1-11-6-7-12(2)13(9-11)10-14(15)5-4-8-16-3/h6-7,9,14-15H,4-5,8,10H2,1-3H3. The van der Waals surface area contributed by atoms with Gasteiger partial charge in [0, 0.05) is 0 Å². The molecule has 0 aliphatic carbocycles. The van der Waals surface area contributed by atoms with Crippen molar-refractivity contribution in [1.82, 2.24) is 0 Å². The van der Waals surface area contributed by atoms with Crippen LogP contribution in [0, 0.1) is 13.8 Å². The lowest BCUT2D eigenvalue weighted by molar-refractivity contribution is 0.164. The Balaban J connectivity index is 2.48. The van der Waals surface area contributed by atoms with Crippen LogP contribution in [0.1, 0.15) is 29.5 Å². The molecule has 1 atom stereocenters. The molecule has 0 aliphatic rings. The van der Waals surface area contributed by atoms with Crippen molar-refractivity contribution in [2.45, 2.75) is 39.2 Å². The maximum absolute atomic E-state index is 9.94. The van der Waals surface area contributed by atoms with E-state index in [1.54, 1.807) is 0 Å². The molecule has 16 heavy (non-hydrogen) atoms. The Morgan fingerprint density at radius 1 is 1.31 bits per heavy atom. The van der Waals surface area contributed by atoms with Gasteiger partial charge >= 0.3 is 0 Å². The second kappa shape index (κ2) is 6.97. The molecule has 0 aromatic heterocycles. The zero-order valence-corrected chi connectivity index (χ0v) is 11.3. The maximum Gasteiger partial charge on any atom is 0.0581 e. The Bertz CT molecular complexity index is 323. The molecule has 90 valence electrons. The highest BCUT2D eigenvalue weighted by Gasteiger charge is 2.07. The third-order valence-corrected chi connectivity index (χ3v) is 3.54. The van der Waals surface area contributed by atoms with E-state index in [0.717, 1.165) is 25.0 Å². The van der Waals surface area contributed by atoms with Gasteiger partial charge in [-0.05, 0) is 56.2 Å². The molecule has 0 radical (unpaired) electrons. The van der Waals surface area contributed by atoms with Crippen molar-refractivity contribution in [3.05, 3.63) is 34.9 Å². The van der Waals surface area contributed by atoms with Crippen LogP contribution >= 0.6 is 11.8 Å². The summed E-state index contributed by atoms with van der Waals surface area (Å²) in [5.41, 5.74) is 3.85. The molecule has 1 N–H and O–H groups in total. The first-order valence-corrected chi connectivity index (χ1v) is 7.26. The lowest BCUT2D eigenvalue weighted by Crippen LogP contribution is -2.11. The van der Waals surface area contributed by atoms with Gasteiger partial charge in [-0.25, -0.2) is 0 Å². The molecule has 0 amide bonds. The van der Waals surface area contributed by atoms with Crippen LogP contribution in [-0.4, -0.2) is 23.2 Å². The molecule has 1 aromatic carbocycles. The van der Waals surface area contributed by atoms with E-state index >= 15 is 0 Å². The predicted molar refractivity (Wildman–Crippen MR) is 73.2 cm³/mol. The number of aryl methyl sites for hydroxylation is 2. The average molecular weight is 238 g/mol. The Labute approximate surface area is 103 Å². The maximum atomic E-state index is 9.94. The van der Waals surface area contributed by atoms with E-state index in [0.29, 0.717) is 0 Å². The van der Waals surface area contributed by atoms with Crippen molar-refractivity contribution in [3.63, 3.8) is 0 Å². The van der Waals surface area contributed by atoms with E-state index in [9.17, 15) is 5.11 Å². The minimum absolute atomic E-state index is 0.187. The number of rotatable bonds is 6. The second-order valence-corrected chi connectivity index (χ2v) is 5.41. The molecule has 1 nitrogen and oxygen atoms in total. The number of benzene rings is 1. The fourth-order valence-electron chi connectivity index (χ4n) is 1.84. The van der Waals surface area contributed by atoms with Crippen LogP contribution in [0.25, 0.3) is 0 Å². The highest BCUT2D eigenvalue weighted by molar-refractivity contribution is 7.98.